The summed E-state index contributed by atoms with van der Waals surface area (Å²) in [5.41, 5.74) is 7.05. The standard InChI is InChI=1S/C15H12ClIN2O2/c16-12-6-5-11(7-13(12)17)15(21)19-8-9-1-3-10(4-2-9)14(18)20/h1-7H,8H2,(H2,18,20)(H,19,21). The molecule has 2 amide bonds. The van der Waals surface area contributed by atoms with Gasteiger partial charge >= 0.3 is 0 Å². The van der Waals surface area contributed by atoms with E-state index in [9.17, 15) is 9.59 Å². The van der Waals surface area contributed by atoms with Crippen molar-refractivity contribution < 1.29 is 9.59 Å². The number of carbonyl (C=O) groups excluding carboxylic acids is 2. The van der Waals surface area contributed by atoms with E-state index in [4.69, 9.17) is 17.3 Å². The lowest BCUT2D eigenvalue weighted by molar-refractivity contribution is 0.0949. The van der Waals surface area contributed by atoms with E-state index >= 15 is 0 Å². The van der Waals surface area contributed by atoms with E-state index in [0.29, 0.717) is 22.7 Å². The average Bonchev–Trinajstić information content (AvgIpc) is 2.48. The lowest BCUT2D eigenvalue weighted by Crippen LogP contribution is -2.23. The van der Waals surface area contributed by atoms with Gasteiger partial charge in [-0.1, -0.05) is 23.7 Å². The highest BCUT2D eigenvalue weighted by atomic mass is 127. The van der Waals surface area contributed by atoms with Crippen molar-refractivity contribution in [2.24, 2.45) is 5.73 Å². The van der Waals surface area contributed by atoms with Crippen molar-refractivity contribution in [2.45, 2.75) is 6.54 Å². The molecule has 108 valence electrons. The Morgan fingerprint density at radius 2 is 1.71 bits per heavy atom. The summed E-state index contributed by atoms with van der Waals surface area (Å²) < 4.78 is 0.827. The van der Waals surface area contributed by atoms with Crippen LogP contribution in [-0.2, 0) is 6.54 Å². The van der Waals surface area contributed by atoms with Crippen molar-refractivity contribution in [3.05, 3.63) is 67.7 Å². The van der Waals surface area contributed by atoms with Gasteiger partial charge in [0.25, 0.3) is 5.91 Å². The third kappa shape index (κ3) is 4.18. The molecule has 6 heteroatoms. The second kappa shape index (κ2) is 6.91. The second-order valence-corrected chi connectivity index (χ2v) is 5.94. The fourth-order valence-corrected chi connectivity index (χ4v) is 2.34. The monoisotopic (exact) mass is 414 g/mol. The molecule has 0 atom stereocenters. The van der Waals surface area contributed by atoms with Crippen LogP contribution in [0.1, 0.15) is 26.3 Å². The second-order valence-electron chi connectivity index (χ2n) is 4.37. The molecule has 0 heterocycles. The van der Waals surface area contributed by atoms with Gasteiger partial charge in [0, 0.05) is 21.2 Å². The van der Waals surface area contributed by atoms with Crippen LogP contribution in [0.3, 0.4) is 0 Å². The molecule has 0 aromatic heterocycles. The van der Waals surface area contributed by atoms with Gasteiger partial charge in [-0.15, -0.1) is 0 Å². The van der Waals surface area contributed by atoms with Gasteiger partial charge < -0.3 is 11.1 Å². The Kier molecular flexibility index (Phi) is 5.19. The maximum absolute atomic E-state index is 12.0. The Balaban J connectivity index is 2.00. The van der Waals surface area contributed by atoms with Crippen LogP contribution in [0.15, 0.2) is 42.5 Å². The van der Waals surface area contributed by atoms with Crippen molar-refractivity contribution in [3.63, 3.8) is 0 Å². The highest BCUT2D eigenvalue weighted by Gasteiger charge is 2.08. The lowest BCUT2D eigenvalue weighted by atomic mass is 10.1. The molecule has 21 heavy (non-hydrogen) atoms. The molecule has 0 saturated heterocycles. The van der Waals surface area contributed by atoms with Gasteiger partial charge in [-0.25, -0.2) is 0 Å². The smallest absolute Gasteiger partial charge is 0.251 e. The number of amides is 2. The number of primary amides is 1. The number of carbonyl (C=O) groups is 2. The van der Waals surface area contributed by atoms with Crippen molar-refractivity contribution in [2.75, 3.05) is 0 Å². The number of hydrogen-bond donors (Lipinski definition) is 2. The quantitative estimate of drug-likeness (QED) is 0.755. The molecule has 0 aliphatic rings. The van der Waals surface area contributed by atoms with Gasteiger partial charge in [-0.2, -0.15) is 0 Å². The minimum absolute atomic E-state index is 0.177. The van der Waals surface area contributed by atoms with Crippen molar-refractivity contribution in [1.82, 2.24) is 5.32 Å². The first-order chi connectivity index (χ1) is 9.97. The first kappa shape index (κ1) is 15.8. The third-order valence-electron chi connectivity index (χ3n) is 2.87. The molecule has 0 aliphatic carbocycles. The molecule has 0 saturated carbocycles. The first-order valence-corrected chi connectivity index (χ1v) is 7.55. The zero-order valence-electron chi connectivity index (χ0n) is 10.9. The number of nitrogens with one attached hydrogen (secondary N) is 1. The van der Waals surface area contributed by atoms with Gasteiger partial charge in [0.2, 0.25) is 5.91 Å². The molecule has 0 unspecified atom stereocenters. The summed E-state index contributed by atoms with van der Waals surface area (Å²) in [6.07, 6.45) is 0. The van der Waals surface area contributed by atoms with Crippen LogP contribution >= 0.6 is 34.2 Å². The summed E-state index contributed by atoms with van der Waals surface area (Å²) in [6, 6.07) is 11.9. The fourth-order valence-electron chi connectivity index (χ4n) is 1.71. The number of hydrogen-bond acceptors (Lipinski definition) is 2. The molecule has 4 nitrogen and oxygen atoms in total. The van der Waals surface area contributed by atoms with Crippen LogP contribution in [0.4, 0.5) is 0 Å². The van der Waals surface area contributed by atoms with Gasteiger partial charge in [-0.3, -0.25) is 9.59 Å². The zero-order chi connectivity index (χ0) is 15.4. The molecule has 2 aromatic rings. The summed E-state index contributed by atoms with van der Waals surface area (Å²) in [7, 11) is 0. The molecule has 0 spiro atoms. The maximum Gasteiger partial charge on any atom is 0.251 e. The average molecular weight is 415 g/mol. The normalized spacial score (nSPS) is 10.2. The number of benzene rings is 2. The molecule has 2 rings (SSSR count). The Labute approximate surface area is 140 Å². The summed E-state index contributed by atoms with van der Waals surface area (Å²) in [5, 5.41) is 3.43. The Morgan fingerprint density at radius 1 is 1.10 bits per heavy atom. The van der Waals surface area contributed by atoms with Crippen LogP contribution in [0.25, 0.3) is 0 Å². The highest BCUT2D eigenvalue weighted by molar-refractivity contribution is 14.1. The first-order valence-electron chi connectivity index (χ1n) is 6.09. The Bertz CT molecular complexity index is 687. The van der Waals surface area contributed by atoms with Crippen molar-refractivity contribution in [1.29, 1.82) is 0 Å². The van der Waals surface area contributed by atoms with E-state index in [1.807, 2.05) is 0 Å². The lowest BCUT2D eigenvalue weighted by Gasteiger charge is -2.07. The number of rotatable bonds is 4. The molecule has 0 radical (unpaired) electrons. The number of halogens is 2. The van der Waals surface area contributed by atoms with Crippen LogP contribution in [0, 0.1) is 3.57 Å². The summed E-state index contributed by atoms with van der Waals surface area (Å²) in [4.78, 5) is 23.0. The van der Waals surface area contributed by atoms with Crippen LogP contribution in [0.5, 0.6) is 0 Å². The Morgan fingerprint density at radius 3 is 2.29 bits per heavy atom. The molecule has 0 bridgehead atoms. The van der Waals surface area contributed by atoms with Crippen molar-refractivity contribution in [3.8, 4) is 0 Å². The number of nitrogens with two attached hydrogens (primary N) is 1. The van der Waals surface area contributed by atoms with E-state index in [-0.39, 0.29) is 5.91 Å². The Hall–Kier alpha value is -1.60. The van der Waals surface area contributed by atoms with Crippen molar-refractivity contribution >= 4 is 46.0 Å². The topological polar surface area (TPSA) is 72.2 Å². The van der Waals surface area contributed by atoms with E-state index in [2.05, 4.69) is 27.9 Å². The van der Waals surface area contributed by atoms with Crippen LogP contribution in [0.2, 0.25) is 5.02 Å². The van der Waals surface area contributed by atoms with Gasteiger partial charge in [-0.05, 0) is 58.5 Å². The van der Waals surface area contributed by atoms with Crippen LogP contribution < -0.4 is 11.1 Å². The minimum Gasteiger partial charge on any atom is -0.366 e. The SMILES string of the molecule is NC(=O)c1ccc(CNC(=O)c2ccc(Cl)c(I)c2)cc1. The van der Waals surface area contributed by atoms with E-state index in [1.165, 1.54) is 0 Å². The summed E-state index contributed by atoms with van der Waals surface area (Å²) in [5.74, 6) is -0.648. The summed E-state index contributed by atoms with van der Waals surface area (Å²) >= 11 is 8.00. The maximum atomic E-state index is 12.0. The molecule has 3 N–H and O–H groups in total. The predicted molar refractivity (Wildman–Crippen MR) is 90.3 cm³/mol. The van der Waals surface area contributed by atoms with Gasteiger partial charge in [0.05, 0.1) is 5.02 Å². The van der Waals surface area contributed by atoms with Gasteiger partial charge in [0.1, 0.15) is 0 Å². The highest BCUT2D eigenvalue weighted by Crippen LogP contribution is 2.19. The fraction of sp³-hybridized carbons (Fsp3) is 0.0667. The zero-order valence-corrected chi connectivity index (χ0v) is 13.8. The van der Waals surface area contributed by atoms with Crippen LogP contribution in [-0.4, -0.2) is 11.8 Å². The minimum atomic E-state index is -0.471. The van der Waals surface area contributed by atoms with E-state index in [0.717, 1.165) is 9.13 Å². The van der Waals surface area contributed by atoms with E-state index < -0.39 is 5.91 Å². The predicted octanol–water partition coefficient (Wildman–Crippen LogP) is 2.97. The summed E-state index contributed by atoms with van der Waals surface area (Å²) in [6.45, 7) is 0.372. The molecular formula is C15H12ClIN2O2. The van der Waals surface area contributed by atoms with Gasteiger partial charge in [0.15, 0.2) is 0 Å². The van der Waals surface area contributed by atoms with E-state index in [1.54, 1.807) is 42.5 Å². The molecule has 2 aromatic carbocycles. The molecule has 0 fully saturated rings. The largest absolute Gasteiger partial charge is 0.366 e. The molecule has 0 aliphatic heterocycles. The third-order valence-corrected chi connectivity index (χ3v) is 4.41. The molecular weight excluding hydrogens is 403 g/mol.